The second kappa shape index (κ2) is 11.3. The van der Waals surface area contributed by atoms with Crippen LogP contribution in [-0.4, -0.2) is 15.0 Å². The average Bonchev–Trinajstić information content (AvgIpc) is 3.67. The minimum atomic E-state index is 0.149. The molecule has 2 aliphatic carbocycles. The van der Waals surface area contributed by atoms with E-state index in [1.807, 2.05) is 47.7 Å². The first kappa shape index (κ1) is 28.6. The molecule has 6 aromatic carbocycles. The van der Waals surface area contributed by atoms with Crippen molar-refractivity contribution in [1.29, 1.82) is 0 Å². The quantitative estimate of drug-likeness (QED) is 0.191. The zero-order valence-electron chi connectivity index (χ0n) is 27.1. The minimum absolute atomic E-state index is 0.149. The number of fused-ring (bicyclic) bond motifs is 8. The van der Waals surface area contributed by atoms with E-state index < -0.39 is 0 Å². The van der Waals surface area contributed by atoms with Crippen molar-refractivity contribution >= 4 is 31.5 Å². The first-order chi connectivity index (χ1) is 24.2. The third kappa shape index (κ3) is 4.66. The fourth-order valence-electron chi connectivity index (χ4n) is 8.36. The monoisotopic (exact) mass is 647 g/mol. The van der Waals surface area contributed by atoms with E-state index in [0.717, 1.165) is 16.7 Å². The Morgan fingerprint density at radius 3 is 1.59 bits per heavy atom. The van der Waals surface area contributed by atoms with Crippen LogP contribution in [0.15, 0.2) is 140 Å². The van der Waals surface area contributed by atoms with Gasteiger partial charge in [0.15, 0.2) is 17.5 Å². The van der Waals surface area contributed by atoms with Gasteiger partial charge in [-0.3, -0.25) is 0 Å². The molecule has 3 nitrogen and oxygen atoms in total. The van der Waals surface area contributed by atoms with E-state index in [2.05, 4.69) is 103 Å². The highest BCUT2D eigenvalue weighted by atomic mass is 32.1. The largest absolute Gasteiger partial charge is 0.208 e. The summed E-state index contributed by atoms with van der Waals surface area (Å²) in [4.78, 5) is 14.9. The Balaban J connectivity index is 1.10. The fourth-order valence-corrected chi connectivity index (χ4v) is 9.43. The normalized spacial score (nSPS) is 14.7. The van der Waals surface area contributed by atoms with Gasteiger partial charge in [0, 0.05) is 42.3 Å². The Bertz CT molecular complexity index is 2470. The third-order valence-corrected chi connectivity index (χ3v) is 11.9. The van der Waals surface area contributed by atoms with Crippen LogP contribution in [0.2, 0.25) is 0 Å². The summed E-state index contributed by atoms with van der Waals surface area (Å²) in [5.41, 5.74) is 11.6. The lowest BCUT2D eigenvalue weighted by molar-refractivity contribution is 0.353. The molecule has 10 rings (SSSR count). The van der Waals surface area contributed by atoms with E-state index in [4.69, 9.17) is 15.0 Å². The number of rotatable bonds is 4. The molecule has 1 spiro atoms. The Morgan fingerprint density at radius 2 is 0.918 bits per heavy atom. The standard InChI is InChI=1S/C45H33N3S/c1-4-12-29(13-5-1)42-46-43(30-14-6-2-7-15-30)48-44(47-42)33-20-23-41-37(27-33)36-26-31(19-22-40(36)49-41)32-18-21-35-34-16-8-9-17-38(34)45(39(35)28-32)24-10-3-11-25-45/h1-2,4-9,12-23,26-28H,3,10-11,24-25H2. The molecule has 49 heavy (non-hydrogen) atoms. The van der Waals surface area contributed by atoms with Gasteiger partial charge < -0.3 is 0 Å². The maximum atomic E-state index is 5.01. The summed E-state index contributed by atoms with van der Waals surface area (Å²) >= 11 is 1.85. The molecule has 2 aliphatic rings. The number of thiophene rings is 1. The van der Waals surface area contributed by atoms with Gasteiger partial charge in [-0.25, -0.2) is 15.0 Å². The molecule has 2 aromatic heterocycles. The predicted molar refractivity (Wildman–Crippen MR) is 204 cm³/mol. The molecule has 0 radical (unpaired) electrons. The van der Waals surface area contributed by atoms with Gasteiger partial charge >= 0.3 is 0 Å². The second-order valence-electron chi connectivity index (χ2n) is 13.5. The number of hydrogen-bond donors (Lipinski definition) is 0. The summed E-state index contributed by atoms with van der Waals surface area (Å²) in [5, 5.41) is 2.51. The van der Waals surface area contributed by atoms with Gasteiger partial charge in [0.25, 0.3) is 0 Å². The lowest BCUT2D eigenvalue weighted by Crippen LogP contribution is -2.28. The zero-order chi connectivity index (χ0) is 32.4. The van der Waals surface area contributed by atoms with Crippen LogP contribution in [0.25, 0.3) is 76.6 Å². The van der Waals surface area contributed by atoms with Crippen LogP contribution in [0.1, 0.15) is 43.2 Å². The Hall–Kier alpha value is -5.45. The maximum absolute atomic E-state index is 5.01. The van der Waals surface area contributed by atoms with Crippen LogP contribution < -0.4 is 0 Å². The summed E-state index contributed by atoms with van der Waals surface area (Å²) in [6, 6.07) is 50.4. The third-order valence-electron chi connectivity index (χ3n) is 10.7. The number of hydrogen-bond acceptors (Lipinski definition) is 4. The molecule has 234 valence electrons. The molecule has 0 unspecified atom stereocenters. The van der Waals surface area contributed by atoms with E-state index in [1.54, 1.807) is 0 Å². The second-order valence-corrected chi connectivity index (χ2v) is 14.6. The van der Waals surface area contributed by atoms with Gasteiger partial charge in [-0.1, -0.05) is 122 Å². The van der Waals surface area contributed by atoms with Crippen molar-refractivity contribution < 1.29 is 0 Å². The first-order valence-corrected chi connectivity index (χ1v) is 18.1. The molecule has 4 heteroatoms. The predicted octanol–water partition coefficient (Wildman–Crippen LogP) is 12.1. The Morgan fingerprint density at radius 1 is 0.408 bits per heavy atom. The number of benzene rings is 6. The van der Waals surface area contributed by atoms with Crippen molar-refractivity contribution in [2.45, 2.75) is 37.5 Å². The highest BCUT2D eigenvalue weighted by Gasteiger charge is 2.43. The summed E-state index contributed by atoms with van der Waals surface area (Å²) < 4.78 is 2.56. The van der Waals surface area contributed by atoms with Crippen molar-refractivity contribution in [3.05, 3.63) is 151 Å². The number of nitrogens with zero attached hydrogens (tertiary/aromatic N) is 3. The van der Waals surface area contributed by atoms with Crippen LogP contribution >= 0.6 is 11.3 Å². The van der Waals surface area contributed by atoms with Crippen LogP contribution in [0.3, 0.4) is 0 Å². The van der Waals surface area contributed by atoms with Gasteiger partial charge in [0.2, 0.25) is 0 Å². The molecule has 0 atom stereocenters. The number of aromatic nitrogens is 3. The Kier molecular flexibility index (Phi) is 6.60. The first-order valence-electron chi connectivity index (χ1n) is 17.3. The molecule has 0 N–H and O–H groups in total. The molecule has 2 heterocycles. The summed E-state index contributed by atoms with van der Waals surface area (Å²) in [6.45, 7) is 0. The molecule has 1 saturated carbocycles. The van der Waals surface area contributed by atoms with Gasteiger partial charge in [0.05, 0.1) is 0 Å². The Labute approximate surface area is 290 Å². The SMILES string of the molecule is c1ccc(-c2nc(-c3ccccc3)nc(-c3ccc4sc5ccc(-c6ccc7c(c6)C6(CCCCC6)c6ccccc6-7)cc5c4c3)n2)cc1. The van der Waals surface area contributed by atoms with Crippen molar-refractivity contribution in [3.8, 4) is 56.4 Å². The smallest absolute Gasteiger partial charge is 0.164 e. The van der Waals surface area contributed by atoms with Crippen molar-refractivity contribution in [2.75, 3.05) is 0 Å². The summed E-state index contributed by atoms with van der Waals surface area (Å²) in [5.74, 6) is 2.04. The van der Waals surface area contributed by atoms with Gasteiger partial charge in [-0.05, 0) is 82.6 Å². The van der Waals surface area contributed by atoms with Gasteiger partial charge in [0.1, 0.15) is 0 Å². The van der Waals surface area contributed by atoms with Crippen molar-refractivity contribution in [1.82, 2.24) is 15.0 Å². The van der Waals surface area contributed by atoms with Crippen LogP contribution in [0, 0.1) is 0 Å². The fraction of sp³-hybridized carbons (Fsp3) is 0.133. The van der Waals surface area contributed by atoms with Gasteiger partial charge in [-0.2, -0.15) is 0 Å². The van der Waals surface area contributed by atoms with E-state index in [-0.39, 0.29) is 5.41 Å². The van der Waals surface area contributed by atoms with E-state index >= 15 is 0 Å². The zero-order valence-corrected chi connectivity index (χ0v) is 27.9. The molecule has 0 aliphatic heterocycles. The highest BCUT2D eigenvalue weighted by molar-refractivity contribution is 7.25. The van der Waals surface area contributed by atoms with Gasteiger partial charge in [-0.15, -0.1) is 11.3 Å². The molecule has 0 saturated heterocycles. The van der Waals surface area contributed by atoms with E-state index in [1.165, 1.54) is 85.7 Å². The van der Waals surface area contributed by atoms with Crippen LogP contribution in [0.5, 0.6) is 0 Å². The molecular weight excluding hydrogens is 615 g/mol. The lowest BCUT2D eigenvalue weighted by Gasteiger charge is -2.36. The van der Waals surface area contributed by atoms with Crippen LogP contribution in [0.4, 0.5) is 0 Å². The molecule has 8 aromatic rings. The summed E-state index contributed by atoms with van der Waals surface area (Å²) in [7, 11) is 0. The lowest BCUT2D eigenvalue weighted by atomic mass is 9.67. The maximum Gasteiger partial charge on any atom is 0.164 e. The summed E-state index contributed by atoms with van der Waals surface area (Å²) in [6.07, 6.45) is 6.43. The molecule has 0 amide bonds. The minimum Gasteiger partial charge on any atom is -0.208 e. The van der Waals surface area contributed by atoms with E-state index in [0.29, 0.717) is 17.5 Å². The molecule has 1 fully saturated rings. The van der Waals surface area contributed by atoms with Crippen molar-refractivity contribution in [2.24, 2.45) is 0 Å². The highest BCUT2D eigenvalue weighted by Crippen LogP contribution is 2.56. The van der Waals surface area contributed by atoms with Crippen LogP contribution in [-0.2, 0) is 5.41 Å². The average molecular weight is 648 g/mol. The molecular formula is C45H33N3S. The van der Waals surface area contributed by atoms with Crippen molar-refractivity contribution in [3.63, 3.8) is 0 Å². The molecule has 0 bridgehead atoms. The van der Waals surface area contributed by atoms with E-state index in [9.17, 15) is 0 Å². The topological polar surface area (TPSA) is 38.7 Å².